The molecule has 9 nitrogen and oxygen atoms in total. The van der Waals surface area contributed by atoms with Gasteiger partial charge in [-0.2, -0.15) is 0 Å². The molecule has 0 aliphatic carbocycles. The average molecular weight is 436 g/mol. The van der Waals surface area contributed by atoms with E-state index < -0.39 is 9.84 Å². The van der Waals surface area contributed by atoms with E-state index >= 15 is 0 Å². The topological polar surface area (TPSA) is 104 Å². The van der Waals surface area contributed by atoms with Crippen LogP contribution in [0.4, 0.5) is 5.95 Å². The lowest BCUT2D eigenvalue weighted by molar-refractivity contribution is -0.136. The van der Waals surface area contributed by atoms with Crippen LogP contribution in [-0.2, 0) is 19.4 Å². The van der Waals surface area contributed by atoms with Crippen molar-refractivity contribution in [3.63, 3.8) is 0 Å². The van der Waals surface area contributed by atoms with E-state index in [-0.39, 0.29) is 35.0 Å². The highest BCUT2D eigenvalue weighted by Crippen LogP contribution is 2.33. The summed E-state index contributed by atoms with van der Waals surface area (Å²) >= 11 is 0. The van der Waals surface area contributed by atoms with E-state index in [1.807, 2.05) is 4.90 Å². The molecule has 2 amide bonds. The van der Waals surface area contributed by atoms with Crippen LogP contribution < -0.4 is 4.90 Å². The second-order valence-corrected chi connectivity index (χ2v) is 10.6. The first-order chi connectivity index (χ1) is 14.2. The first-order valence-electron chi connectivity index (χ1n) is 10.6. The Balaban J connectivity index is 1.50. The van der Waals surface area contributed by atoms with Gasteiger partial charge in [-0.05, 0) is 25.7 Å². The van der Waals surface area contributed by atoms with Crippen molar-refractivity contribution in [1.82, 2.24) is 19.8 Å². The first kappa shape index (κ1) is 21.0. The number of hydrogen-bond acceptors (Lipinski definition) is 7. The van der Waals surface area contributed by atoms with Gasteiger partial charge in [-0.25, -0.2) is 18.4 Å². The molecule has 0 N–H and O–H groups in total. The summed E-state index contributed by atoms with van der Waals surface area (Å²) in [6.45, 7) is 3.34. The lowest BCUT2D eigenvalue weighted by atomic mass is 9.92. The Hall–Kier alpha value is -2.23. The highest BCUT2D eigenvalue weighted by atomic mass is 32.2. The van der Waals surface area contributed by atoms with Crippen molar-refractivity contribution in [2.75, 3.05) is 50.9 Å². The highest BCUT2D eigenvalue weighted by molar-refractivity contribution is 7.90. The summed E-state index contributed by atoms with van der Waals surface area (Å²) in [5, 5.41) is 0. The smallest absolute Gasteiger partial charge is 0.227 e. The van der Waals surface area contributed by atoms with Gasteiger partial charge in [0.2, 0.25) is 17.8 Å². The zero-order valence-corrected chi connectivity index (χ0v) is 18.4. The maximum atomic E-state index is 12.8. The number of piperidine rings is 1. The molecule has 0 radical (unpaired) electrons. The van der Waals surface area contributed by atoms with Crippen molar-refractivity contribution in [2.45, 2.75) is 42.9 Å². The number of anilines is 1. The maximum Gasteiger partial charge on any atom is 0.227 e. The van der Waals surface area contributed by atoms with Gasteiger partial charge in [-0.15, -0.1) is 0 Å². The summed E-state index contributed by atoms with van der Waals surface area (Å²) in [5.41, 5.74) is 0.581. The van der Waals surface area contributed by atoms with Crippen LogP contribution in [0.3, 0.4) is 0 Å². The molecule has 3 saturated heterocycles. The molecule has 0 spiro atoms. The van der Waals surface area contributed by atoms with Crippen LogP contribution in [0.25, 0.3) is 0 Å². The van der Waals surface area contributed by atoms with Gasteiger partial charge in [-0.1, -0.05) is 0 Å². The molecule has 1 aromatic heterocycles. The van der Waals surface area contributed by atoms with E-state index in [4.69, 9.17) is 4.98 Å². The molecule has 4 heterocycles. The maximum absolute atomic E-state index is 12.8. The minimum atomic E-state index is -3.45. The number of rotatable bonds is 4. The molecule has 0 saturated carbocycles. The lowest BCUT2D eigenvalue weighted by Crippen LogP contribution is -2.42. The van der Waals surface area contributed by atoms with E-state index in [0.29, 0.717) is 44.1 Å². The second kappa shape index (κ2) is 8.13. The Morgan fingerprint density at radius 2 is 1.80 bits per heavy atom. The van der Waals surface area contributed by atoms with Crippen molar-refractivity contribution in [2.24, 2.45) is 5.92 Å². The zero-order valence-electron chi connectivity index (χ0n) is 17.6. The summed E-state index contributed by atoms with van der Waals surface area (Å²) in [7, 11) is -1.72. The minimum absolute atomic E-state index is 0.0106. The third-order valence-corrected chi connectivity index (χ3v) is 7.56. The quantitative estimate of drug-likeness (QED) is 0.684. The molecule has 3 aliphatic rings. The first-order valence-corrected chi connectivity index (χ1v) is 12.5. The fraction of sp³-hybridized carbons (Fsp3) is 0.700. The molecule has 164 valence electrons. The molecule has 0 unspecified atom stereocenters. The number of likely N-dealkylation sites (tertiary alicyclic amines) is 2. The minimum Gasteiger partial charge on any atom is -0.345 e. The van der Waals surface area contributed by atoms with Crippen molar-refractivity contribution in [3.8, 4) is 0 Å². The fourth-order valence-corrected chi connectivity index (χ4v) is 5.52. The van der Waals surface area contributed by atoms with Crippen molar-refractivity contribution < 1.29 is 18.0 Å². The molecule has 4 rings (SSSR count). The van der Waals surface area contributed by atoms with E-state index in [0.717, 1.165) is 25.9 Å². The monoisotopic (exact) mass is 435 g/mol. The number of carbonyl (C=O) groups is 2. The Labute approximate surface area is 177 Å². The van der Waals surface area contributed by atoms with Crippen LogP contribution in [0.5, 0.6) is 0 Å². The third kappa shape index (κ3) is 4.14. The lowest BCUT2D eigenvalue weighted by Gasteiger charge is -2.34. The molecule has 3 aliphatic heterocycles. The largest absolute Gasteiger partial charge is 0.345 e. The van der Waals surface area contributed by atoms with Crippen molar-refractivity contribution in [1.29, 1.82) is 0 Å². The Morgan fingerprint density at radius 1 is 1.13 bits per heavy atom. The van der Waals surface area contributed by atoms with Crippen molar-refractivity contribution >= 4 is 27.6 Å². The number of hydrogen-bond donors (Lipinski definition) is 0. The third-order valence-electron chi connectivity index (χ3n) is 6.44. The number of carbonyl (C=O) groups excluding carboxylic acids is 2. The normalized spacial score (nSPS) is 23.5. The van der Waals surface area contributed by atoms with E-state index in [1.165, 1.54) is 12.5 Å². The zero-order chi connectivity index (χ0) is 21.5. The summed E-state index contributed by atoms with van der Waals surface area (Å²) in [5.74, 6) is 0.328. The van der Waals surface area contributed by atoms with Crippen LogP contribution in [0.1, 0.15) is 43.7 Å². The van der Waals surface area contributed by atoms with Gasteiger partial charge in [0.05, 0.1) is 17.8 Å². The predicted octanol–water partition coefficient (Wildman–Crippen LogP) is 0.665. The van der Waals surface area contributed by atoms with Crippen LogP contribution >= 0.6 is 0 Å². The number of sulfone groups is 1. The Morgan fingerprint density at radius 3 is 2.37 bits per heavy atom. The molecule has 3 fully saturated rings. The fourth-order valence-electron chi connectivity index (χ4n) is 4.68. The van der Waals surface area contributed by atoms with Gasteiger partial charge in [0, 0.05) is 58.4 Å². The van der Waals surface area contributed by atoms with Gasteiger partial charge < -0.3 is 14.7 Å². The summed E-state index contributed by atoms with van der Waals surface area (Å²) in [4.78, 5) is 39.3. The average Bonchev–Trinajstić information content (AvgIpc) is 3.37. The van der Waals surface area contributed by atoms with E-state index in [9.17, 15) is 18.0 Å². The van der Waals surface area contributed by atoms with Gasteiger partial charge in [-0.3, -0.25) is 9.59 Å². The van der Waals surface area contributed by atoms with Gasteiger partial charge in [0.1, 0.15) is 4.90 Å². The van der Waals surface area contributed by atoms with E-state index in [1.54, 1.807) is 11.9 Å². The Bertz CT molecular complexity index is 937. The standard InChI is InChI=1S/C20H29N5O4S/c1-23-13-15(11-17(23)26)19(27)24-9-5-14(6-10-24)18-16(30(2,28)29)12-21-20(22-18)25-7-3-4-8-25/h12,14-15H,3-11,13H2,1-2H3/t15-/m1/s1. The molecule has 1 aromatic rings. The predicted molar refractivity (Wildman–Crippen MR) is 111 cm³/mol. The van der Waals surface area contributed by atoms with Gasteiger partial charge >= 0.3 is 0 Å². The number of nitrogens with zero attached hydrogens (tertiary/aromatic N) is 5. The summed E-state index contributed by atoms with van der Waals surface area (Å²) < 4.78 is 24.7. The van der Waals surface area contributed by atoms with Crippen LogP contribution in [0.15, 0.2) is 11.1 Å². The molecule has 10 heteroatoms. The molecular formula is C20H29N5O4S. The molecule has 0 bridgehead atoms. The van der Waals surface area contributed by atoms with Gasteiger partial charge in [0.25, 0.3) is 0 Å². The van der Waals surface area contributed by atoms with Gasteiger partial charge in [0.15, 0.2) is 9.84 Å². The highest BCUT2D eigenvalue weighted by Gasteiger charge is 2.37. The van der Waals surface area contributed by atoms with Crippen molar-refractivity contribution in [3.05, 3.63) is 11.9 Å². The Kier molecular flexibility index (Phi) is 5.69. The molecule has 0 aromatic carbocycles. The molecule has 30 heavy (non-hydrogen) atoms. The number of amides is 2. The van der Waals surface area contributed by atoms with E-state index in [2.05, 4.69) is 9.88 Å². The number of aromatic nitrogens is 2. The van der Waals surface area contributed by atoms with Crippen LogP contribution in [0.2, 0.25) is 0 Å². The summed E-state index contributed by atoms with van der Waals surface area (Å²) in [6, 6.07) is 0. The molecule has 1 atom stereocenters. The SMILES string of the molecule is CN1C[C@H](C(=O)N2CCC(c3nc(N4CCCC4)ncc3S(C)(=O)=O)CC2)CC1=O. The van der Waals surface area contributed by atoms with Crippen LogP contribution in [-0.4, -0.2) is 86.0 Å². The summed E-state index contributed by atoms with van der Waals surface area (Å²) in [6.07, 6.45) is 6.40. The van der Waals surface area contributed by atoms with Crippen LogP contribution in [0, 0.1) is 5.92 Å². The molecular weight excluding hydrogens is 406 g/mol. The second-order valence-electron chi connectivity index (χ2n) is 8.66.